The van der Waals surface area contributed by atoms with Gasteiger partial charge < -0.3 is 5.32 Å². The fraction of sp³-hybridized carbons (Fsp3) is 0.562. The number of nitrogens with zero attached hydrogens (tertiary/aromatic N) is 1. The Morgan fingerprint density at radius 3 is 2.74 bits per heavy atom. The Hall–Kier alpha value is -1.40. The van der Waals surface area contributed by atoms with Crippen LogP contribution in [0.4, 0.5) is 4.39 Å². The van der Waals surface area contributed by atoms with Gasteiger partial charge in [-0.3, -0.25) is 0 Å². The summed E-state index contributed by atoms with van der Waals surface area (Å²) in [5.74, 6) is -0.193. The molecular formula is C16H23FN2. The predicted octanol–water partition coefficient (Wildman–Crippen LogP) is 4.20. The Bertz CT molecular complexity index is 435. The molecule has 0 radical (unpaired) electrons. The van der Waals surface area contributed by atoms with Crippen molar-refractivity contribution in [1.29, 1.82) is 5.26 Å². The molecule has 3 heteroatoms. The van der Waals surface area contributed by atoms with E-state index in [1.807, 2.05) is 26.8 Å². The van der Waals surface area contributed by atoms with Crippen LogP contribution in [0.1, 0.15) is 51.6 Å². The molecule has 0 bridgehead atoms. The first-order valence-corrected chi connectivity index (χ1v) is 6.85. The highest BCUT2D eigenvalue weighted by molar-refractivity contribution is 5.19. The summed E-state index contributed by atoms with van der Waals surface area (Å²) in [5.41, 5.74) is 0.742. The van der Waals surface area contributed by atoms with Gasteiger partial charge in [0.1, 0.15) is 5.82 Å². The molecule has 0 aliphatic rings. The molecule has 1 aromatic carbocycles. The molecule has 2 nitrogen and oxygen atoms in total. The lowest BCUT2D eigenvalue weighted by molar-refractivity contribution is 0.417. The lowest BCUT2D eigenvalue weighted by atomic mass is 9.89. The summed E-state index contributed by atoms with van der Waals surface area (Å²) in [6.45, 7) is 6.86. The van der Waals surface area contributed by atoms with Gasteiger partial charge >= 0.3 is 0 Å². The average Bonchev–Trinajstić information content (AvgIpc) is 2.38. The van der Waals surface area contributed by atoms with Crippen LogP contribution in [0.3, 0.4) is 0 Å². The quantitative estimate of drug-likeness (QED) is 0.748. The molecule has 0 spiro atoms. The van der Waals surface area contributed by atoms with Crippen molar-refractivity contribution in [2.75, 3.05) is 6.54 Å². The zero-order valence-corrected chi connectivity index (χ0v) is 12.0. The molecule has 0 fully saturated rings. The van der Waals surface area contributed by atoms with E-state index in [-0.39, 0.29) is 17.3 Å². The van der Waals surface area contributed by atoms with Crippen molar-refractivity contribution in [3.8, 4) is 6.07 Å². The number of rotatable bonds is 7. The van der Waals surface area contributed by atoms with Gasteiger partial charge in [0, 0.05) is 6.04 Å². The Morgan fingerprint density at radius 2 is 2.11 bits per heavy atom. The Balaban J connectivity index is 2.25. The van der Waals surface area contributed by atoms with Crippen LogP contribution >= 0.6 is 0 Å². The predicted molar refractivity (Wildman–Crippen MR) is 76.1 cm³/mol. The van der Waals surface area contributed by atoms with E-state index in [1.54, 1.807) is 12.1 Å². The molecule has 1 aromatic rings. The van der Waals surface area contributed by atoms with Gasteiger partial charge in [-0.1, -0.05) is 18.6 Å². The standard InChI is InChI=1S/C16H23FN2/c1-13(14-7-6-8-15(17)11-14)19-10-5-4-9-16(2,3)12-18/h6-8,11,13,19H,4-5,9-10H2,1-3H3/t13-/m1/s1. The molecule has 0 aliphatic carbocycles. The maximum Gasteiger partial charge on any atom is 0.123 e. The summed E-state index contributed by atoms with van der Waals surface area (Å²) in [4.78, 5) is 0. The van der Waals surface area contributed by atoms with Crippen LogP contribution in [-0.4, -0.2) is 6.54 Å². The lowest BCUT2D eigenvalue weighted by Gasteiger charge is -2.16. The van der Waals surface area contributed by atoms with Gasteiger partial charge in [0.05, 0.1) is 11.5 Å². The highest BCUT2D eigenvalue weighted by atomic mass is 19.1. The SMILES string of the molecule is C[C@@H](NCCCCC(C)(C)C#N)c1cccc(F)c1. The molecular weight excluding hydrogens is 239 g/mol. The topological polar surface area (TPSA) is 35.8 Å². The zero-order chi connectivity index (χ0) is 14.3. The molecule has 0 aliphatic heterocycles. The van der Waals surface area contributed by atoms with E-state index >= 15 is 0 Å². The van der Waals surface area contributed by atoms with Crippen LogP contribution in [0.25, 0.3) is 0 Å². The van der Waals surface area contributed by atoms with Gasteiger partial charge in [0.25, 0.3) is 0 Å². The van der Waals surface area contributed by atoms with Gasteiger partial charge in [0.2, 0.25) is 0 Å². The molecule has 0 saturated carbocycles. The fourth-order valence-corrected chi connectivity index (χ4v) is 1.96. The molecule has 0 saturated heterocycles. The number of nitriles is 1. The molecule has 0 amide bonds. The Morgan fingerprint density at radius 1 is 1.37 bits per heavy atom. The second kappa shape index (κ2) is 7.25. The van der Waals surface area contributed by atoms with Crippen molar-refractivity contribution in [3.05, 3.63) is 35.6 Å². The summed E-state index contributed by atoms with van der Waals surface area (Å²) in [6.07, 6.45) is 2.98. The number of nitrogens with one attached hydrogen (secondary N) is 1. The summed E-state index contributed by atoms with van der Waals surface area (Å²) in [7, 11) is 0. The minimum atomic E-state index is -0.228. The molecule has 1 atom stereocenters. The third kappa shape index (κ3) is 5.85. The summed E-state index contributed by atoms with van der Waals surface area (Å²) >= 11 is 0. The van der Waals surface area contributed by atoms with Crippen molar-refractivity contribution < 1.29 is 4.39 Å². The largest absolute Gasteiger partial charge is 0.310 e. The van der Waals surface area contributed by atoms with Crippen LogP contribution in [0.15, 0.2) is 24.3 Å². The van der Waals surface area contributed by atoms with Gasteiger partial charge in [0.15, 0.2) is 0 Å². The van der Waals surface area contributed by atoms with Crippen LogP contribution in [-0.2, 0) is 0 Å². The van der Waals surface area contributed by atoms with Crippen molar-refractivity contribution in [3.63, 3.8) is 0 Å². The normalized spacial score (nSPS) is 13.0. The van der Waals surface area contributed by atoms with Crippen molar-refractivity contribution >= 4 is 0 Å². The highest BCUT2D eigenvalue weighted by Crippen LogP contribution is 2.21. The van der Waals surface area contributed by atoms with E-state index in [1.165, 1.54) is 6.07 Å². The van der Waals surface area contributed by atoms with Crippen LogP contribution in [0, 0.1) is 22.6 Å². The molecule has 0 aromatic heterocycles. The maximum atomic E-state index is 13.1. The average molecular weight is 262 g/mol. The molecule has 104 valence electrons. The lowest BCUT2D eigenvalue weighted by Crippen LogP contribution is -2.20. The minimum Gasteiger partial charge on any atom is -0.310 e. The van der Waals surface area contributed by atoms with E-state index in [0.717, 1.165) is 31.4 Å². The van der Waals surface area contributed by atoms with Crippen LogP contribution < -0.4 is 5.32 Å². The fourth-order valence-electron chi connectivity index (χ4n) is 1.96. The second-order valence-corrected chi connectivity index (χ2v) is 5.68. The third-order valence-electron chi connectivity index (χ3n) is 3.33. The van der Waals surface area contributed by atoms with Crippen molar-refractivity contribution in [1.82, 2.24) is 5.32 Å². The van der Waals surface area contributed by atoms with Gasteiger partial charge in [-0.15, -0.1) is 0 Å². The van der Waals surface area contributed by atoms with Crippen LogP contribution in [0.2, 0.25) is 0 Å². The first-order valence-electron chi connectivity index (χ1n) is 6.85. The summed E-state index contributed by atoms with van der Waals surface area (Å²) < 4.78 is 13.1. The summed E-state index contributed by atoms with van der Waals surface area (Å²) in [6, 6.07) is 9.15. The van der Waals surface area contributed by atoms with Gasteiger partial charge in [-0.2, -0.15) is 5.26 Å². The third-order valence-corrected chi connectivity index (χ3v) is 3.33. The van der Waals surface area contributed by atoms with Crippen molar-refractivity contribution in [2.45, 2.75) is 46.1 Å². The number of hydrogen-bond acceptors (Lipinski definition) is 2. The Labute approximate surface area is 115 Å². The second-order valence-electron chi connectivity index (χ2n) is 5.68. The monoisotopic (exact) mass is 262 g/mol. The first-order chi connectivity index (χ1) is 8.94. The van der Waals surface area contributed by atoms with E-state index < -0.39 is 0 Å². The number of halogens is 1. The number of benzene rings is 1. The maximum absolute atomic E-state index is 13.1. The van der Waals surface area contributed by atoms with E-state index in [2.05, 4.69) is 11.4 Å². The first kappa shape index (κ1) is 15.7. The molecule has 0 unspecified atom stereocenters. The minimum absolute atomic E-state index is 0.152. The number of hydrogen-bond donors (Lipinski definition) is 1. The molecule has 1 N–H and O–H groups in total. The summed E-state index contributed by atoms with van der Waals surface area (Å²) in [5, 5.41) is 12.3. The Kier molecular flexibility index (Phi) is 5.98. The van der Waals surface area contributed by atoms with Gasteiger partial charge in [-0.05, 0) is 57.9 Å². The van der Waals surface area contributed by atoms with Crippen molar-refractivity contribution in [2.24, 2.45) is 5.41 Å². The molecule has 19 heavy (non-hydrogen) atoms. The van der Waals surface area contributed by atoms with E-state index in [0.29, 0.717) is 0 Å². The van der Waals surface area contributed by atoms with Crippen LogP contribution in [0.5, 0.6) is 0 Å². The molecule has 0 heterocycles. The highest BCUT2D eigenvalue weighted by Gasteiger charge is 2.15. The van der Waals surface area contributed by atoms with E-state index in [4.69, 9.17) is 5.26 Å². The number of unbranched alkanes of at least 4 members (excludes halogenated alkanes) is 1. The zero-order valence-electron chi connectivity index (χ0n) is 12.0. The smallest absolute Gasteiger partial charge is 0.123 e. The molecule has 1 rings (SSSR count). The van der Waals surface area contributed by atoms with E-state index in [9.17, 15) is 4.39 Å². The van der Waals surface area contributed by atoms with Gasteiger partial charge in [-0.25, -0.2) is 4.39 Å².